The van der Waals surface area contributed by atoms with Crippen LogP contribution in [0, 0.1) is 0 Å². The van der Waals surface area contributed by atoms with Crippen LogP contribution in [0.1, 0.15) is 32.3 Å². The topological polar surface area (TPSA) is 67.4 Å². The molecule has 0 spiro atoms. The van der Waals surface area contributed by atoms with Gasteiger partial charge in [-0.15, -0.1) is 0 Å². The quantitative estimate of drug-likeness (QED) is 0.832. The standard InChI is InChI=1S/C16H22N2O3/c1-11(2)21-13-5-3-12(4-6-13)9-10-17-16(20)14-7-8-15(19)18-14/h3-6,11,14H,7-10H2,1-2H3,(H,17,20)(H,18,19). The van der Waals surface area contributed by atoms with Gasteiger partial charge in [0.15, 0.2) is 0 Å². The molecule has 21 heavy (non-hydrogen) atoms. The van der Waals surface area contributed by atoms with Crippen LogP contribution in [0.3, 0.4) is 0 Å². The van der Waals surface area contributed by atoms with Crippen molar-refractivity contribution >= 4 is 11.8 Å². The number of hydrogen-bond acceptors (Lipinski definition) is 3. The summed E-state index contributed by atoms with van der Waals surface area (Å²) in [5.74, 6) is 0.711. The molecule has 2 N–H and O–H groups in total. The van der Waals surface area contributed by atoms with E-state index in [-0.39, 0.29) is 24.0 Å². The number of hydrogen-bond donors (Lipinski definition) is 2. The van der Waals surface area contributed by atoms with Gasteiger partial charge in [-0.05, 0) is 44.4 Å². The molecule has 2 amide bonds. The fourth-order valence-electron chi connectivity index (χ4n) is 2.27. The Morgan fingerprint density at radius 3 is 2.67 bits per heavy atom. The van der Waals surface area contributed by atoms with Crippen molar-refractivity contribution in [1.82, 2.24) is 10.6 Å². The zero-order valence-corrected chi connectivity index (χ0v) is 12.5. The Hall–Kier alpha value is -2.04. The maximum Gasteiger partial charge on any atom is 0.242 e. The molecule has 1 aromatic carbocycles. The molecular weight excluding hydrogens is 268 g/mol. The molecule has 1 aromatic rings. The van der Waals surface area contributed by atoms with Gasteiger partial charge in [-0.3, -0.25) is 9.59 Å². The Balaban J connectivity index is 1.73. The minimum atomic E-state index is -0.362. The van der Waals surface area contributed by atoms with E-state index in [9.17, 15) is 9.59 Å². The summed E-state index contributed by atoms with van der Waals surface area (Å²) in [5.41, 5.74) is 1.14. The summed E-state index contributed by atoms with van der Waals surface area (Å²) in [7, 11) is 0. The minimum Gasteiger partial charge on any atom is -0.491 e. The molecule has 1 aliphatic rings. The van der Waals surface area contributed by atoms with Crippen LogP contribution in [-0.4, -0.2) is 30.5 Å². The van der Waals surface area contributed by atoms with Crippen molar-refractivity contribution in [3.8, 4) is 5.75 Å². The van der Waals surface area contributed by atoms with Gasteiger partial charge in [-0.25, -0.2) is 0 Å². The third kappa shape index (κ3) is 4.77. The first-order valence-corrected chi connectivity index (χ1v) is 7.37. The summed E-state index contributed by atoms with van der Waals surface area (Å²) in [5, 5.41) is 5.52. The molecule has 0 aliphatic carbocycles. The Morgan fingerprint density at radius 1 is 1.38 bits per heavy atom. The van der Waals surface area contributed by atoms with Gasteiger partial charge in [0, 0.05) is 13.0 Å². The zero-order valence-electron chi connectivity index (χ0n) is 12.5. The Labute approximate surface area is 125 Å². The summed E-state index contributed by atoms with van der Waals surface area (Å²) >= 11 is 0. The lowest BCUT2D eigenvalue weighted by atomic mass is 10.1. The van der Waals surface area contributed by atoms with Gasteiger partial charge >= 0.3 is 0 Å². The Kier molecular flexibility index (Phi) is 5.20. The van der Waals surface area contributed by atoms with Crippen molar-refractivity contribution in [1.29, 1.82) is 0 Å². The highest BCUT2D eigenvalue weighted by molar-refractivity contribution is 5.90. The number of amides is 2. The lowest BCUT2D eigenvalue weighted by Crippen LogP contribution is -2.42. The van der Waals surface area contributed by atoms with E-state index >= 15 is 0 Å². The van der Waals surface area contributed by atoms with E-state index in [1.807, 2.05) is 38.1 Å². The van der Waals surface area contributed by atoms with E-state index in [0.29, 0.717) is 19.4 Å². The Bertz CT molecular complexity index is 497. The molecule has 1 saturated heterocycles. The van der Waals surface area contributed by atoms with E-state index in [2.05, 4.69) is 10.6 Å². The van der Waals surface area contributed by atoms with Crippen molar-refractivity contribution in [3.05, 3.63) is 29.8 Å². The van der Waals surface area contributed by atoms with Crippen LogP contribution in [-0.2, 0) is 16.0 Å². The molecule has 1 heterocycles. The van der Waals surface area contributed by atoms with Crippen LogP contribution in [0.2, 0.25) is 0 Å². The number of nitrogens with one attached hydrogen (secondary N) is 2. The molecule has 0 saturated carbocycles. The maximum absolute atomic E-state index is 11.8. The van der Waals surface area contributed by atoms with E-state index in [1.165, 1.54) is 0 Å². The second kappa shape index (κ2) is 7.11. The van der Waals surface area contributed by atoms with Crippen LogP contribution in [0.15, 0.2) is 24.3 Å². The number of carbonyl (C=O) groups is 2. The molecule has 5 nitrogen and oxygen atoms in total. The van der Waals surface area contributed by atoms with Crippen LogP contribution in [0.5, 0.6) is 5.75 Å². The van der Waals surface area contributed by atoms with E-state index in [4.69, 9.17) is 4.74 Å². The molecule has 1 fully saturated rings. The van der Waals surface area contributed by atoms with E-state index in [0.717, 1.165) is 17.7 Å². The van der Waals surface area contributed by atoms with Crippen molar-refractivity contribution < 1.29 is 14.3 Å². The molecule has 0 aromatic heterocycles. The lowest BCUT2D eigenvalue weighted by molar-refractivity contribution is -0.125. The van der Waals surface area contributed by atoms with Gasteiger partial charge < -0.3 is 15.4 Å². The first-order valence-electron chi connectivity index (χ1n) is 7.37. The lowest BCUT2D eigenvalue weighted by Gasteiger charge is -2.12. The van der Waals surface area contributed by atoms with Gasteiger partial charge in [-0.1, -0.05) is 12.1 Å². The average Bonchev–Trinajstić information content (AvgIpc) is 2.87. The first-order chi connectivity index (χ1) is 10.0. The molecule has 1 atom stereocenters. The summed E-state index contributed by atoms with van der Waals surface area (Å²) in [6.07, 6.45) is 1.95. The molecule has 2 rings (SSSR count). The summed E-state index contributed by atoms with van der Waals surface area (Å²) in [4.78, 5) is 22.9. The van der Waals surface area contributed by atoms with Crippen LogP contribution >= 0.6 is 0 Å². The van der Waals surface area contributed by atoms with Gasteiger partial charge in [-0.2, -0.15) is 0 Å². The highest BCUT2D eigenvalue weighted by Gasteiger charge is 2.26. The molecule has 114 valence electrons. The molecule has 0 bridgehead atoms. The largest absolute Gasteiger partial charge is 0.491 e. The molecule has 1 aliphatic heterocycles. The van der Waals surface area contributed by atoms with Crippen molar-refractivity contribution in [2.45, 2.75) is 45.3 Å². The predicted octanol–water partition coefficient (Wildman–Crippen LogP) is 1.41. The second-order valence-electron chi connectivity index (χ2n) is 5.51. The van der Waals surface area contributed by atoms with E-state index < -0.39 is 0 Å². The third-order valence-electron chi connectivity index (χ3n) is 3.32. The van der Waals surface area contributed by atoms with Crippen LogP contribution < -0.4 is 15.4 Å². The van der Waals surface area contributed by atoms with Crippen molar-refractivity contribution in [3.63, 3.8) is 0 Å². The van der Waals surface area contributed by atoms with Crippen molar-refractivity contribution in [2.24, 2.45) is 0 Å². The Morgan fingerprint density at radius 2 is 2.10 bits per heavy atom. The fourth-order valence-corrected chi connectivity index (χ4v) is 2.27. The molecular formula is C16H22N2O3. The number of rotatable bonds is 6. The second-order valence-corrected chi connectivity index (χ2v) is 5.51. The van der Waals surface area contributed by atoms with E-state index in [1.54, 1.807) is 0 Å². The monoisotopic (exact) mass is 290 g/mol. The van der Waals surface area contributed by atoms with Crippen molar-refractivity contribution in [2.75, 3.05) is 6.54 Å². The number of ether oxygens (including phenoxy) is 1. The number of benzene rings is 1. The molecule has 0 radical (unpaired) electrons. The SMILES string of the molecule is CC(C)Oc1ccc(CCNC(=O)C2CCC(=O)N2)cc1. The summed E-state index contributed by atoms with van der Waals surface area (Å²) < 4.78 is 5.58. The molecule has 5 heteroatoms. The zero-order chi connectivity index (χ0) is 15.2. The average molecular weight is 290 g/mol. The minimum absolute atomic E-state index is 0.0455. The van der Waals surface area contributed by atoms with Gasteiger partial charge in [0.1, 0.15) is 11.8 Å². The predicted molar refractivity (Wildman–Crippen MR) is 80.1 cm³/mol. The molecule has 1 unspecified atom stereocenters. The first kappa shape index (κ1) is 15.4. The smallest absolute Gasteiger partial charge is 0.242 e. The maximum atomic E-state index is 11.8. The van der Waals surface area contributed by atoms with Gasteiger partial charge in [0.25, 0.3) is 0 Å². The highest BCUT2D eigenvalue weighted by atomic mass is 16.5. The highest BCUT2D eigenvalue weighted by Crippen LogP contribution is 2.14. The summed E-state index contributed by atoms with van der Waals surface area (Å²) in [6, 6.07) is 7.52. The summed E-state index contributed by atoms with van der Waals surface area (Å²) in [6.45, 7) is 4.55. The number of carbonyl (C=O) groups excluding carboxylic acids is 2. The normalized spacial score (nSPS) is 17.7. The van der Waals surface area contributed by atoms with Crippen LogP contribution in [0.4, 0.5) is 0 Å². The third-order valence-corrected chi connectivity index (χ3v) is 3.32. The van der Waals surface area contributed by atoms with Gasteiger partial charge in [0.2, 0.25) is 11.8 Å². The van der Waals surface area contributed by atoms with Crippen LogP contribution in [0.25, 0.3) is 0 Å². The fraction of sp³-hybridized carbons (Fsp3) is 0.500. The van der Waals surface area contributed by atoms with Gasteiger partial charge in [0.05, 0.1) is 6.10 Å².